The summed E-state index contributed by atoms with van der Waals surface area (Å²) in [5.74, 6) is 2.11. The van der Waals surface area contributed by atoms with Crippen molar-refractivity contribution in [2.24, 2.45) is 0 Å². The molecule has 0 spiro atoms. The van der Waals surface area contributed by atoms with E-state index in [9.17, 15) is 9.59 Å². The number of anilines is 1. The average molecular weight is 419 g/mol. The number of aromatic amines is 1. The standard InChI is InChI=1S/C22H21N5O4/c1-12-13(2)23-22(25-21(12)29)27-19(10-16(26-27)15-5-6-15)24-20(28)8-4-14-3-7-17-18(9-14)31-11-30-17/h3-4,7-10,15H,5-6,11H2,1-2H3,(H,24,28)(H,23,25,29). The zero-order valence-corrected chi connectivity index (χ0v) is 17.1. The van der Waals surface area contributed by atoms with Crippen molar-refractivity contribution in [3.05, 3.63) is 63.2 Å². The van der Waals surface area contributed by atoms with E-state index in [0.717, 1.165) is 24.1 Å². The Bertz CT molecular complexity index is 1270. The zero-order valence-electron chi connectivity index (χ0n) is 17.1. The largest absolute Gasteiger partial charge is 0.454 e. The summed E-state index contributed by atoms with van der Waals surface area (Å²) in [6.07, 6.45) is 5.24. The number of nitrogens with zero attached hydrogens (tertiary/aromatic N) is 3. The third kappa shape index (κ3) is 3.81. The van der Waals surface area contributed by atoms with Crippen molar-refractivity contribution in [2.45, 2.75) is 32.6 Å². The highest BCUT2D eigenvalue weighted by Crippen LogP contribution is 2.40. The Labute approximate surface area is 177 Å². The molecule has 2 aliphatic rings. The van der Waals surface area contributed by atoms with Gasteiger partial charge >= 0.3 is 0 Å². The third-order valence-electron chi connectivity index (χ3n) is 5.38. The number of aryl methyl sites for hydroxylation is 1. The molecular formula is C22H21N5O4. The number of benzene rings is 1. The number of carbonyl (C=O) groups excluding carboxylic acids is 1. The van der Waals surface area contributed by atoms with Gasteiger partial charge in [-0.2, -0.15) is 9.78 Å². The highest BCUT2D eigenvalue weighted by molar-refractivity contribution is 6.01. The lowest BCUT2D eigenvalue weighted by atomic mass is 10.2. The molecule has 2 aromatic heterocycles. The molecule has 3 aromatic rings. The van der Waals surface area contributed by atoms with Crippen LogP contribution < -0.4 is 20.3 Å². The van der Waals surface area contributed by atoms with Gasteiger partial charge in [-0.25, -0.2) is 4.98 Å². The van der Waals surface area contributed by atoms with Gasteiger partial charge in [-0.15, -0.1) is 0 Å². The van der Waals surface area contributed by atoms with Crippen LogP contribution in [0, 0.1) is 13.8 Å². The number of aromatic nitrogens is 4. The van der Waals surface area contributed by atoms with E-state index in [1.54, 1.807) is 26.0 Å². The van der Waals surface area contributed by atoms with Gasteiger partial charge in [-0.05, 0) is 50.5 Å². The Morgan fingerprint density at radius 3 is 2.81 bits per heavy atom. The topological polar surface area (TPSA) is 111 Å². The molecule has 1 aliphatic heterocycles. The molecule has 158 valence electrons. The van der Waals surface area contributed by atoms with E-state index >= 15 is 0 Å². The van der Waals surface area contributed by atoms with Crippen LogP contribution in [0.1, 0.15) is 41.3 Å². The molecule has 1 aromatic carbocycles. The molecule has 0 bridgehead atoms. The van der Waals surface area contributed by atoms with Crippen LogP contribution in [0.4, 0.5) is 5.82 Å². The van der Waals surface area contributed by atoms with Gasteiger partial charge in [0, 0.05) is 29.3 Å². The summed E-state index contributed by atoms with van der Waals surface area (Å²) >= 11 is 0. The second kappa shape index (κ2) is 7.42. The van der Waals surface area contributed by atoms with Gasteiger partial charge in [0.15, 0.2) is 11.5 Å². The molecule has 3 heterocycles. The fraction of sp³-hybridized carbons (Fsp3) is 0.273. The monoisotopic (exact) mass is 419 g/mol. The van der Waals surface area contributed by atoms with Gasteiger partial charge in [0.05, 0.1) is 5.69 Å². The van der Waals surface area contributed by atoms with E-state index in [-0.39, 0.29) is 24.2 Å². The number of fused-ring (bicyclic) bond motifs is 1. The summed E-state index contributed by atoms with van der Waals surface area (Å²) in [7, 11) is 0. The minimum Gasteiger partial charge on any atom is -0.454 e. The van der Waals surface area contributed by atoms with Gasteiger partial charge in [0.25, 0.3) is 5.56 Å². The molecule has 0 radical (unpaired) electrons. The van der Waals surface area contributed by atoms with Crippen molar-refractivity contribution in [3.8, 4) is 17.4 Å². The molecule has 0 atom stereocenters. The lowest BCUT2D eigenvalue weighted by molar-refractivity contribution is -0.111. The van der Waals surface area contributed by atoms with Gasteiger partial charge < -0.3 is 14.8 Å². The van der Waals surface area contributed by atoms with Crippen molar-refractivity contribution in [1.29, 1.82) is 0 Å². The summed E-state index contributed by atoms with van der Waals surface area (Å²) in [4.78, 5) is 32.0. The maximum absolute atomic E-state index is 12.6. The smallest absolute Gasteiger partial charge is 0.255 e. The van der Waals surface area contributed by atoms with Crippen LogP contribution >= 0.6 is 0 Å². The summed E-state index contributed by atoms with van der Waals surface area (Å²) in [5, 5.41) is 7.42. The molecule has 1 saturated carbocycles. The number of rotatable bonds is 5. The van der Waals surface area contributed by atoms with Crippen molar-refractivity contribution in [1.82, 2.24) is 19.7 Å². The molecule has 31 heavy (non-hydrogen) atoms. The van der Waals surface area contributed by atoms with Crippen molar-refractivity contribution in [2.75, 3.05) is 12.1 Å². The van der Waals surface area contributed by atoms with E-state index in [4.69, 9.17) is 9.47 Å². The van der Waals surface area contributed by atoms with Crippen LogP contribution in [-0.2, 0) is 4.79 Å². The first kappa shape index (κ1) is 19.1. The quantitative estimate of drug-likeness (QED) is 0.615. The second-order valence-corrected chi connectivity index (χ2v) is 7.68. The van der Waals surface area contributed by atoms with Gasteiger partial charge in [0.1, 0.15) is 5.82 Å². The SMILES string of the molecule is Cc1nc(-n2nc(C3CC3)cc2NC(=O)C=Cc2ccc3c(c2)OCO3)[nH]c(=O)c1C. The fourth-order valence-corrected chi connectivity index (χ4v) is 3.32. The predicted octanol–water partition coefficient (Wildman–Crippen LogP) is 2.83. The first-order valence-corrected chi connectivity index (χ1v) is 10.0. The van der Waals surface area contributed by atoms with Crippen LogP contribution in [-0.4, -0.2) is 32.4 Å². The summed E-state index contributed by atoms with van der Waals surface area (Å²) in [6, 6.07) is 7.29. The highest BCUT2D eigenvalue weighted by Gasteiger charge is 2.28. The Morgan fingerprint density at radius 2 is 2.03 bits per heavy atom. The molecule has 1 amide bonds. The number of H-pyrrole nitrogens is 1. The summed E-state index contributed by atoms with van der Waals surface area (Å²) < 4.78 is 12.1. The van der Waals surface area contributed by atoms with Crippen LogP contribution in [0.15, 0.2) is 35.1 Å². The second-order valence-electron chi connectivity index (χ2n) is 7.68. The molecule has 0 saturated heterocycles. The van der Waals surface area contributed by atoms with Crippen molar-refractivity contribution >= 4 is 17.8 Å². The molecule has 9 heteroatoms. The molecule has 1 aliphatic carbocycles. The van der Waals surface area contributed by atoms with E-state index in [1.165, 1.54) is 10.8 Å². The Kier molecular flexibility index (Phi) is 4.58. The highest BCUT2D eigenvalue weighted by atomic mass is 16.7. The Morgan fingerprint density at radius 1 is 1.23 bits per heavy atom. The van der Waals surface area contributed by atoms with Crippen molar-refractivity contribution < 1.29 is 14.3 Å². The number of hydrogen-bond acceptors (Lipinski definition) is 6. The van der Waals surface area contributed by atoms with Crippen molar-refractivity contribution in [3.63, 3.8) is 0 Å². The Balaban J connectivity index is 1.41. The van der Waals surface area contributed by atoms with E-state index in [2.05, 4.69) is 20.4 Å². The average Bonchev–Trinajstić information content (AvgIpc) is 3.35. The lowest BCUT2D eigenvalue weighted by Gasteiger charge is -2.08. The summed E-state index contributed by atoms with van der Waals surface area (Å²) in [6.45, 7) is 3.68. The molecule has 2 N–H and O–H groups in total. The van der Waals surface area contributed by atoms with Gasteiger partial charge in [-0.1, -0.05) is 6.07 Å². The number of ether oxygens (including phenoxy) is 2. The molecule has 9 nitrogen and oxygen atoms in total. The minimum absolute atomic E-state index is 0.199. The molecule has 0 unspecified atom stereocenters. The summed E-state index contributed by atoms with van der Waals surface area (Å²) in [5.41, 5.74) is 2.62. The maximum Gasteiger partial charge on any atom is 0.255 e. The van der Waals surface area contributed by atoms with Crippen LogP contribution in [0.2, 0.25) is 0 Å². The number of hydrogen-bond donors (Lipinski definition) is 2. The lowest BCUT2D eigenvalue weighted by Crippen LogP contribution is -2.20. The fourth-order valence-electron chi connectivity index (χ4n) is 3.32. The molecular weight excluding hydrogens is 398 g/mol. The normalized spacial score (nSPS) is 14.9. The van der Waals surface area contributed by atoms with Crippen LogP contribution in [0.5, 0.6) is 11.5 Å². The van der Waals surface area contributed by atoms with E-state index in [1.807, 2.05) is 18.2 Å². The number of amides is 1. The van der Waals surface area contributed by atoms with Crippen LogP contribution in [0.25, 0.3) is 12.0 Å². The third-order valence-corrected chi connectivity index (χ3v) is 5.38. The zero-order chi connectivity index (χ0) is 21.5. The predicted molar refractivity (Wildman–Crippen MR) is 114 cm³/mol. The van der Waals surface area contributed by atoms with E-state index < -0.39 is 0 Å². The first-order chi connectivity index (χ1) is 15.0. The van der Waals surface area contributed by atoms with Gasteiger partial charge in [-0.3, -0.25) is 14.6 Å². The minimum atomic E-state index is -0.327. The Hall–Kier alpha value is -3.88. The van der Waals surface area contributed by atoms with Gasteiger partial charge in [0.2, 0.25) is 18.6 Å². The van der Waals surface area contributed by atoms with Crippen LogP contribution in [0.3, 0.4) is 0 Å². The maximum atomic E-state index is 12.6. The van der Waals surface area contributed by atoms with E-state index in [0.29, 0.717) is 34.5 Å². The number of carbonyl (C=O) groups is 1. The molecule has 1 fully saturated rings. The number of nitrogens with one attached hydrogen (secondary N) is 2. The molecule has 5 rings (SSSR count). The first-order valence-electron chi connectivity index (χ1n) is 10.0.